The minimum atomic E-state index is -1.92. The molecule has 31 heavy (non-hydrogen) atoms. The van der Waals surface area contributed by atoms with Gasteiger partial charge in [0.1, 0.15) is 11.6 Å². The lowest BCUT2D eigenvalue weighted by molar-refractivity contribution is -0.154. The molecule has 1 N–H and O–H groups in total. The van der Waals surface area contributed by atoms with E-state index in [1.165, 1.54) is 6.08 Å². The molecule has 1 heterocycles. The first-order chi connectivity index (χ1) is 14.4. The molecule has 0 amide bonds. The van der Waals surface area contributed by atoms with Crippen molar-refractivity contribution in [2.24, 2.45) is 10.4 Å². The fraction of sp³-hybridized carbons (Fsp3) is 0.545. The van der Waals surface area contributed by atoms with Gasteiger partial charge >= 0.3 is 5.97 Å². The van der Waals surface area contributed by atoms with E-state index >= 15 is 0 Å². The molecule has 0 bridgehead atoms. The summed E-state index contributed by atoms with van der Waals surface area (Å²) in [5.74, 6) is -0.492. The number of halogens is 3. The van der Waals surface area contributed by atoms with Crippen molar-refractivity contribution in [2.45, 2.75) is 55.3 Å². The molecule has 0 saturated heterocycles. The van der Waals surface area contributed by atoms with Gasteiger partial charge in [0, 0.05) is 6.42 Å². The number of ether oxygens (including phenoxy) is 3. The molecular formula is C22H28Cl3NO5. The van der Waals surface area contributed by atoms with E-state index in [-0.39, 0.29) is 31.5 Å². The molecule has 3 atom stereocenters. The van der Waals surface area contributed by atoms with Crippen LogP contribution in [0.5, 0.6) is 0 Å². The van der Waals surface area contributed by atoms with Crippen molar-refractivity contribution < 1.29 is 24.1 Å². The molecule has 0 unspecified atom stereocenters. The first kappa shape index (κ1) is 25.9. The summed E-state index contributed by atoms with van der Waals surface area (Å²) in [5.41, 5.74) is -0.964. The quantitative estimate of drug-likeness (QED) is 0.309. The SMILES string of the molecule is C=C[C@@]1(CO)N=C(C(Cl)(Cl)Cl)O[C@H]1[C@@H](CCOC(=O)C(C)(C)C)OCc1ccccc1. The summed E-state index contributed by atoms with van der Waals surface area (Å²) in [6.45, 7) is 9.01. The van der Waals surface area contributed by atoms with Crippen molar-refractivity contribution >= 4 is 46.7 Å². The largest absolute Gasteiger partial charge is 0.469 e. The van der Waals surface area contributed by atoms with Crippen LogP contribution in [0.15, 0.2) is 48.0 Å². The standard InChI is InChI=1S/C22H28Cl3NO5/c1-5-21(14-27)17(31-18(26-21)22(23,24)25)16(11-12-29-19(28)20(2,3)4)30-13-15-9-7-6-8-10-15/h5-10,16-17,27H,1,11-14H2,2-4H3/t16-,17+,21+/m1/s1. The van der Waals surface area contributed by atoms with Crippen molar-refractivity contribution in [1.82, 2.24) is 0 Å². The molecule has 1 aliphatic heterocycles. The Bertz CT molecular complexity index is 789. The summed E-state index contributed by atoms with van der Waals surface area (Å²) in [4.78, 5) is 16.5. The summed E-state index contributed by atoms with van der Waals surface area (Å²) in [6.07, 6.45) is 0.239. The number of hydrogen-bond donors (Lipinski definition) is 1. The third-order valence-corrected chi connectivity index (χ3v) is 5.27. The topological polar surface area (TPSA) is 77.4 Å². The van der Waals surface area contributed by atoms with E-state index in [1.807, 2.05) is 30.3 Å². The number of carbonyl (C=O) groups excluding carboxylic acids is 1. The van der Waals surface area contributed by atoms with Crippen molar-refractivity contribution in [3.8, 4) is 0 Å². The van der Waals surface area contributed by atoms with Crippen molar-refractivity contribution in [3.63, 3.8) is 0 Å². The molecule has 0 radical (unpaired) electrons. The normalized spacial score (nSPS) is 22.4. The highest BCUT2D eigenvalue weighted by Gasteiger charge is 2.52. The van der Waals surface area contributed by atoms with Gasteiger partial charge in [-0.3, -0.25) is 4.79 Å². The molecule has 1 aliphatic rings. The van der Waals surface area contributed by atoms with Crippen LogP contribution in [0.25, 0.3) is 0 Å². The zero-order valence-electron chi connectivity index (χ0n) is 17.8. The van der Waals surface area contributed by atoms with E-state index in [1.54, 1.807) is 20.8 Å². The average molecular weight is 493 g/mol. The van der Waals surface area contributed by atoms with E-state index in [9.17, 15) is 9.90 Å². The number of alkyl halides is 3. The Morgan fingerprint density at radius 3 is 2.48 bits per heavy atom. The predicted octanol–water partition coefficient (Wildman–Crippen LogP) is 4.64. The maximum Gasteiger partial charge on any atom is 0.311 e. The van der Waals surface area contributed by atoms with Gasteiger partial charge in [0.05, 0.1) is 25.2 Å². The first-order valence-electron chi connectivity index (χ1n) is 9.84. The van der Waals surface area contributed by atoms with Gasteiger partial charge in [-0.2, -0.15) is 0 Å². The van der Waals surface area contributed by atoms with Gasteiger partial charge in [0.2, 0.25) is 5.90 Å². The highest BCUT2D eigenvalue weighted by Crippen LogP contribution is 2.39. The van der Waals surface area contributed by atoms with Crippen LogP contribution in [-0.2, 0) is 25.6 Å². The number of aliphatic hydroxyl groups is 1. The second-order valence-electron chi connectivity index (χ2n) is 8.32. The van der Waals surface area contributed by atoms with E-state index in [2.05, 4.69) is 11.6 Å². The maximum absolute atomic E-state index is 12.1. The molecule has 172 valence electrons. The summed E-state index contributed by atoms with van der Waals surface area (Å²) >= 11 is 17.9. The molecule has 1 aromatic rings. The molecule has 0 aromatic heterocycles. The van der Waals surface area contributed by atoms with Crippen LogP contribution < -0.4 is 0 Å². The van der Waals surface area contributed by atoms with Crippen LogP contribution >= 0.6 is 34.8 Å². The lowest BCUT2D eigenvalue weighted by atomic mass is 9.89. The van der Waals surface area contributed by atoms with Gasteiger partial charge in [-0.15, -0.1) is 6.58 Å². The van der Waals surface area contributed by atoms with Crippen LogP contribution in [0, 0.1) is 5.41 Å². The molecule has 0 spiro atoms. The Kier molecular flexibility index (Phi) is 8.82. The van der Waals surface area contributed by atoms with Crippen LogP contribution in [0.3, 0.4) is 0 Å². The number of rotatable bonds is 9. The third kappa shape index (κ3) is 6.83. The van der Waals surface area contributed by atoms with Gasteiger partial charge in [-0.05, 0) is 26.3 Å². The second kappa shape index (κ2) is 10.5. The average Bonchev–Trinajstić information content (AvgIpc) is 3.11. The molecule has 6 nitrogen and oxygen atoms in total. The Hall–Kier alpha value is -1.31. The van der Waals surface area contributed by atoms with Gasteiger partial charge in [0.25, 0.3) is 3.79 Å². The van der Waals surface area contributed by atoms with Crippen LogP contribution in [0.2, 0.25) is 0 Å². The van der Waals surface area contributed by atoms with Crippen LogP contribution in [0.4, 0.5) is 0 Å². The minimum absolute atomic E-state index is 0.0805. The highest BCUT2D eigenvalue weighted by atomic mass is 35.6. The first-order valence-corrected chi connectivity index (χ1v) is 11.0. The van der Waals surface area contributed by atoms with Crippen molar-refractivity contribution in [1.29, 1.82) is 0 Å². The van der Waals surface area contributed by atoms with E-state index in [0.717, 1.165) is 5.56 Å². The summed E-state index contributed by atoms with van der Waals surface area (Å²) in [7, 11) is 0. The van der Waals surface area contributed by atoms with E-state index in [0.29, 0.717) is 0 Å². The minimum Gasteiger partial charge on any atom is -0.469 e. The number of nitrogens with zero attached hydrogens (tertiary/aromatic N) is 1. The molecule has 0 fully saturated rings. The molecule has 2 rings (SSSR count). The lowest BCUT2D eigenvalue weighted by Gasteiger charge is -2.33. The smallest absolute Gasteiger partial charge is 0.311 e. The summed E-state index contributed by atoms with van der Waals surface area (Å²) in [6, 6.07) is 9.54. The predicted molar refractivity (Wildman–Crippen MR) is 123 cm³/mol. The number of aliphatic hydroxyl groups excluding tert-OH is 1. The van der Waals surface area contributed by atoms with Crippen LogP contribution in [-0.4, -0.2) is 51.7 Å². The van der Waals surface area contributed by atoms with E-state index in [4.69, 9.17) is 49.0 Å². The third-order valence-electron chi connectivity index (χ3n) is 4.78. The van der Waals surface area contributed by atoms with Gasteiger partial charge in [-0.1, -0.05) is 71.2 Å². The Labute approximate surface area is 198 Å². The van der Waals surface area contributed by atoms with Crippen molar-refractivity contribution in [3.05, 3.63) is 48.6 Å². The van der Waals surface area contributed by atoms with Crippen LogP contribution in [0.1, 0.15) is 32.8 Å². The zero-order chi connectivity index (χ0) is 23.3. The Morgan fingerprint density at radius 1 is 1.32 bits per heavy atom. The molecule has 0 saturated carbocycles. The summed E-state index contributed by atoms with van der Waals surface area (Å²) in [5, 5.41) is 10.1. The molecule has 1 aromatic carbocycles. The lowest BCUT2D eigenvalue weighted by Crippen LogP contribution is -2.48. The summed E-state index contributed by atoms with van der Waals surface area (Å²) < 4.78 is 15.5. The number of benzene rings is 1. The van der Waals surface area contributed by atoms with E-state index < -0.39 is 33.6 Å². The van der Waals surface area contributed by atoms with Gasteiger partial charge in [-0.25, -0.2) is 4.99 Å². The Balaban J connectivity index is 2.23. The molecular weight excluding hydrogens is 465 g/mol. The van der Waals surface area contributed by atoms with Crippen molar-refractivity contribution in [2.75, 3.05) is 13.2 Å². The van der Waals surface area contributed by atoms with Gasteiger partial charge in [0.15, 0.2) is 6.10 Å². The Morgan fingerprint density at radius 2 is 1.97 bits per heavy atom. The fourth-order valence-electron chi connectivity index (χ4n) is 2.96. The molecule has 9 heteroatoms. The van der Waals surface area contributed by atoms with Gasteiger partial charge < -0.3 is 19.3 Å². The molecule has 0 aliphatic carbocycles. The number of aliphatic imine (C=N–C) groups is 1. The second-order valence-corrected chi connectivity index (χ2v) is 10.6. The maximum atomic E-state index is 12.1. The highest BCUT2D eigenvalue weighted by molar-refractivity contribution is 6.76. The number of esters is 1. The number of hydrogen-bond acceptors (Lipinski definition) is 6. The monoisotopic (exact) mass is 491 g/mol. The zero-order valence-corrected chi connectivity index (χ0v) is 20.1. The number of carbonyl (C=O) groups is 1. The fourth-order valence-corrected chi connectivity index (χ4v) is 3.23.